The molecule has 0 N–H and O–H groups in total. The number of ether oxygens (including phenoxy) is 2. The van der Waals surface area contributed by atoms with Crippen LogP contribution >= 0.6 is 11.8 Å². The third kappa shape index (κ3) is 5.65. The summed E-state index contributed by atoms with van der Waals surface area (Å²) in [6.45, 7) is 3.12. The molecule has 258 valence electrons. The molecule has 0 bridgehead atoms. The molecule has 3 aromatic carbocycles. The van der Waals surface area contributed by atoms with Gasteiger partial charge in [-0.15, -0.1) is 0 Å². The second-order valence-corrected chi connectivity index (χ2v) is 13.1. The summed E-state index contributed by atoms with van der Waals surface area (Å²) in [4.78, 5) is 30.7. The molecule has 7 rings (SSSR count). The van der Waals surface area contributed by atoms with Crippen LogP contribution in [0.2, 0.25) is 0 Å². The minimum Gasteiger partial charge on any atom is -0.462 e. The number of nitrogens with zero attached hydrogens (tertiary/aromatic N) is 3. The Balaban J connectivity index is 1.51. The van der Waals surface area contributed by atoms with Crippen molar-refractivity contribution in [1.29, 1.82) is 0 Å². The number of esters is 2. The van der Waals surface area contributed by atoms with Crippen LogP contribution in [0, 0.1) is 6.92 Å². The largest absolute Gasteiger partial charge is 0.737 e. The van der Waals surface area contributed by atoms with Crippen molar-refractivity contribution < 1.29 is 32.2 Å². The van der Waals surface area contributed by atoms with Gasteiger partial charge in [-0.25, -0.2) is 9.59 Å². The van der Waals surface area contributed by atoms with Gasteiger partial charge in [0.15, 0.2) is 11.4 Å². The second-order valence-electron chi connectivity index (χ2n) is 12.1. The highest BCUT2D eigenvalue weighted by atomic mass is 32.2. The maximum atomic E-state index is 17.7. The van der Waals surface area contributed by atoms with Gasteiger partial charge in [0.25, 0.3) is 0 Å². The molecule has 0 saturated heterocycles. The number of hydrogen-bond acceptors (Lipinski definition) is 6. The number of allylic oxidation sites excluding steroid dienone is 4. The van der Waals surface area contributed by atoms with Crippen molar-refractivity contribution in [2.24, 2.45) is 0 Å². The maximum Gasteiger partial charge on any atom is 0.737 e. The van der Waals surface area contributed by atoms with Crippen molar-refractivity contribution in [3.63, 3.8) is 0 Å². The highest BCUT2D eigenvalue weighted by molar-refractivity contribution is 8.03. The number of aromatic nitrogens is 1. The molecule has 51 heavy (non-hydrogen) atoms. The summed E-state index contributed by atoms with van der Waals surface area (Å²) in [5.74, 6) is -1.39. The molecule has 0 radical (unpaired) electrons. The van der Waals surface area contributed by atoms with Crippen molar-refractivity contribution in [2.45, 2.75) is 32.6 Å². The number of carbonyl (C=O) groups is 2. The molecule has 0 fully saturated rings. The van der Waals surface area contributed by atoms with Gasteiger partial charge in [-0.05, 0) is 62.7 Å². The predicted octanol–water partition coefficient (Wildman–Crippen LogP) is 8.73. The number of thioether (sulfide) groups is 1. The quantitative estimate of drug-likeness (QED) is 0.128. The number of fused-ring (bicyclic) bond motifs is 3. The van der Waals surface area contributed by atoms with E-state index >= 15 is 8.63 Å². The first kappa shape index (κ1) is 34.1. The van der Waals surface area contributed by atoms with Crippen molar-refractivity contribution >= 4 is 53.7 Å². The Morgan fingerprint density at radius 2 is 1.49 bits per heavy atom. The molecule has 7 nitrogen and oxygen atoms in total. The van der Waals surface area contributed by atoms with Crippen LogP contribution in [-0.2, 0) is 14.3 Å². The first-order chi connectivity index (χ1) is 24.7. The monoisotopic (exact) mass is 703 g/mol. The van der Waals surface area contributed by atoms with Gasteiger partial charge in [0.05, 0.1) is 35.1 Å². The topological polar surface area (TPSA) is 63.8 Å². The van der Waals surface area contributed by atoms with Crippen molar-refractivity contribution in [1.82, 2.24) is 4.48 Å². The fourth-order valence-corrected chi connectivity index (χ4v) is 8.31. The van der Waals surface area contributed by atoms with E-state index in [0.29, 0.717) is 22.3 Å². The molecule has 0 spiro atoms. The van der Waals surface area contributed by atoms with Gasteiger partial charge >= 0.3 is 18.9 Å². The Morgan fingerprint density at radius 3 is 2.16 bits per heavy atom. The predicted molar refractivity (Wildman–Crippen MR) is 200 cm³/mol. The standard InChI is InChI=1S/C40H36BF2N3O4S/c1-5-44-29-21-14-15-23-33(29)51-34(44)24-16-22-30-38(40(48)50-7-3)37(28-19-12-9-13-20-28)32-25-31-36(27-17-10-8-11-18-27)35(39(47)49-6-2)26(4)45(31)41(42,43)46(30)32/h8-25H,5-7H2,1-4H3/b22-16+,34-24-. The van der Waals surface area contributed by atoms with Crippen LogP contribution in [0.4, 0.5) is 14.3 Å². The van der Waals surface area contributed by atoms with Crippen LogP contribution in [0.3, 0.4) is 0 Å². The van der Waals surface area contributed by atoms with Crippen LogP contribution in [0.5, 0.6) is 0 Å². The molecule has 0 aliphatic carbocycles. The average molecular weight is 704 g/mol. The van der Waals surface area contributed by atoms with Gasteiger partial charge in [0.1, 0.15) is 5.57 Å². The van der Waals surface area contributed by atoms with Crippen LogP contribution in [0.1, 0.15) is 48.1 Å². The highest BCUT2D eigenvalue weighted by Crippen LogP contribution is 2.48. The smallest absolute Gasteiger partial charge is 0.462 e. The first-order valence-corrected chi connectivity index (χ1v) is 17.8. The van der Waals surface area contributed by atoms with Gasteiger partial charge in [-0.3, -0.25) is 0 Å². The lowest BCUT2D eigenvalue weighted by molar-refractivity contribution is -0.358. The molecule has 4 heterocycles. The third-order valence-electron chi connectivity index (χ3n) is 9.19. The minimum absolute atomic E-state index is 0.00154. The first-order valence-electron chi connectivity index (χ1n) is 17.0. The molecular formula is C40H36BF2N3O4S. The highest BCUT2D eigenvalue weighted by Gasteiger charge is 2.57. The zero-order chi connectivity index (χ0) is 35.9. The van der Waals surface area contributed by atoms with Crippen molar-refractivity contribution in [3.05, 3.63) is 142 Å². The molecule has 0 saturated carbocycles. The Kier molecular flexibility index (Phi) is 9.16. The maximum absolute atomic E-state index is 17.7. The fraction of sp³-hybridized carbons (Fsp3) is 0.175. The Morgan fingerprint density at radius 1 is 0.863 bits per heavy atom. The fourth-order valence-electron chi connectivity index (χ4n) is 7.17. The van der Waals surface area contributed by atoms with E-state index in [4.69, 9.17) is 9.47 Å². The SMILES string of the molecule is CCOC(=O)C1=C(c2ccccc2)C2=Cc3c(-c4ccccc4)c(C(=O)OCC)c(C)n3[B-](F)(F)[N+]2=C1/C=C/C=C1\Sc2ccccc2N1CC. The molecule has 3 aliphatic rings. The number of anilines is 1. The van der Waals surface area contributed by atoms with E-state index in [0.717, 1.165) is 31.1 Å². The Labute approximate surface area is 299 Å². The number of rotatable bonds is 9. The van der Waals surface area contributed by atoms with Crippen LogP contribution < -0.4 is 4.90 Å². The zero-order valence-corrected chi connectivity index (χ0v) is 29.5. The lowest BCUT2D eigenvalue weighted by Crippen LogP contribution is -2.51. The van der Waals surface area contributed by atoms with E-state index in [-0.39, 0.29) is 47.1 Å². The summed E-state index contributed by atoms with van der Waals surface area (Å²) >= 11 is 1.59. The molecule has 1 aromatic heterocycles. The molecular weight excluding hydrogens is 667 g/mol. The van der Waals surface area contributed by atoms with Gasteiger partial charge in [0.2, 0.25) is 0 Å². The summed E-state index contributed by atoms with van der Waals surface area (Å²) in [6, 6.07) is 26.1. The van der Waals surface area contributed by atoms with E-state index < -0.39 is 18.9 Å². The molecule has 0 atom stereocenters. The Hall–Kier alpha value is -5.42. The lowest BCUT2D eigenvalue weighted by Gasteiger charge is -2.31. The molecule has 11 heteroatoms. The number of carbonyl (C=O) groups excluding carboxylic acids is 2. The Bertz CT molecular complexity index is 2220. The van der Waals surface area contributed by atoms with E-state index in [2.05, 4.69) is 17.9 Å². The minimum atomic E-state index is -4.68. The van der Waals surface area contributed by atoms with E-state index in [9.17, 15) is 9.59 Å². The summed E-state index contributed by atoms with van der Waals surface area (Å²) in [7, 11) is 0. The van der Waals surface area contributed by atoms with Crippen molar-refractivity contribution in [3.8, 4) is 11.1 Å². The van der Waals surface area contributed by atoms with E-state index in [1.165, 1.54) is 6.92 Å². The van der Waals surface area contributed by atoms with Gasteiger partial charge in [-0.1, -0.05) is 90.6 Å². The summed E-state index contributed by atoms with van der Waals surface area (Å²) in [5.41, 5.74) is 3.39. The van der Waals surface area contributed by atoms with E-state index in [1.54, 1.807) is 92.4 Å². The normalized spacial score (nSPS) is 16.8. The van der Waals surface area contributed by atoms with Gasteiger partial charge in [-0.2, -0.15) is 0 Å². The van der Waals surface area contributed by atoms with Gasteiger partial charge < -0.3 is 32.0 Å². The summed E-state index contributed by atoms with van der Waals surface area (Å²) < 4.78 is 48.2. The zero-order valence-electron chi connectivity index (χ0n) is 28.7. The third-order valence-corrected chi connectivity index (χ3v) is 10.3. The van der Waals surface area contributed by atoms with Crippen LogP contribution in [0.25, 0.3) is 22.8 Å². The summed E-state index contributed by atoms with van der Waals surface area (Å²) in [5, 5.41) is 0.931. The average Bonchev–Trinajstić information content (AvgIpc) is 3.76. The van der Waals surface area contributed by atoms with Crippen molar-refractivity contribution in [2.75, 3.05) is 24.7 Å². The molecule has 3 aliphatic heterocycles. The number of para-hydroxylation sites is 1. The molecule has 0 unspecified atom stereocenters. The number of halogens is 2. The van der Waals surface area contributed by atoms with E-state index in [1.807, 2.05) is 36.4 Å². The number of hydrogen-bond donors (Lipinski definition) is 0. The molecule has 4 aromatic rings. The van der Waals surface area contributed by atoms with Crippen LogP contribution in [0.15, 0.2) is 124 Å². The summed E-state index contributed by atoms with van der Waals surface area (Å²) in [6.07, 6.45) is 6.80. The lowest BCUT2D eigenvalue weighted by atomic mass is 9.87. The number of benzene rings is 3. The van der Waals surface area contributed by atoms with Crippen LogP contribution in [-0.4, -0.2) is 53.3 Å². The van der Waals surface area contributed by atoms with Gasteiger partial charge in [0, 0.05) is 34.8 Å². The molecule has 0 amide bonds. The second kappa shape index (κ2) is 13.7.